The molecule has 4 rings (SSSR count). The molecule has 0 spiro atoms. The van der Waals surface area contributed by atoms with Gasteiger partial charge in [0.25, 0.3) is 11.8 Å². The van der Waals surface area contributed by atoms with E-state index in [9.17, 15) is 14.4 Å². The standard InChI is InChI=1S/C22H33N5O4/c1-22(21(30)24-15-8-5-3-4-6-9-15)14-27-18(20(29)26(22)2)12-17(25-27)19(28)23-13-16-10-7-11-31-16/h12,15-16H,3-11,13-14H2,1-2H3,(H,23,28)(H,24,30)/t16-,22-/m1/s1. The lowest BCUT2D eigenvalue weighted by Gasteiger charge is -2.41. The Morgan fingerprint density at radius 2 is 1.94 bits per heavy atom. The minimum Gasteiger partial charge on any atom is -0.376 e. The SMILES string of the molecule is CN1C(=O)c2cc(C(=O)NC[C@H]3CCCO3)nn2C[C@]1(C)C(=O)NC1CCCCCC1. The molecule has 1 aromatic rings. The smallest absolute Gasteiger partial charge is 0.272 e. The van der Waals surface area contributed by atoms with Crippen LogP contribution < -0.4 is 10.6 Å². The number of carbonyl (C=O) groups is 3. The Morgan fingerprint density at radius 3 is 2.61 bits per heavy atom. The van der Waals surface area contributed by atoms with Crippen molar-refractivity contribution in [2.24, 2.45) is 0 Å². The van der Waals surface area contributed by atoms with Crippen molar-refractivity contribution in [3.63, 3.8) is 0 Å². The second kappa shape index (κ2) is 8.98. The van der Waals surface area contributed by atoms with Crippen molar-refractivity contribution in [1.82, 2.24) is 25.3 Å². The van der Waals surface area contributed by atoms with Gasteiger partial charge in [0.15, 0.2) is 5.69 Å². The molecule has 170 valence electrons. The summed E-state index contributed by atoms with van der Waals surface area (Å²) in [6.07, 6.45) is 8.55. The highest BCUT2D eigenvalue weighted by Crippen LogP contribution is 2.27. The number of rotatable bonds is 5. The van der Waals surface area contributed by atoms with E-state index in [0.717, 1.165) is 45.1 Å². The molecule has 31 heavy (non-hydrogen) atoms. The Balaban J connectivity index is 1.46. The Hall–Kier alpha value is -2.42. The third-order valence-electron chi connectivity index (χ3n) is 6.93. The summed E-state index contributed by atoms with van der Waals surface area (Å²) in [5.74, 6) is -0.811. The van der Waals surface area contributed by atoms with E-state index in [4.69, 9.17) is 4.74 Å². The molecule has 2 aliphatic heterocycles. The van der Waals surface area contributed by atoms with E-state index in [1.165, 1.54) is 28.5 Å². The molecule has 1 aliphatic carbocycles. The van der Waals surface area contributed by atoms with E-state index in [0.29, 0.717) is 12.2 Å². The Kier molecular flexibility index (Phi) is 6.31. The van der Waals surface area contributed by atoms with Gasteiger partial charge in [-0.1, -0.05) is 25.7 Å². The van der Waals surface area contributed by atoms with Gasteiger partial charge in [0.2, 0.25) is 5.91 Å². The summed E-state index contributed by atoms with van der Waals surface area (Å²) in [6, 6.07) is 1.65. The first kappa shape index (κ1) is 21.8. The van der Waals surface area contributed by atoms with Crippen LogP contribution >= 0.6 is 0 Å². The van der Waals surface area contributed by atoms with Crippen LogP contribution in [0.5, 0.6) is 0 Å². The molecular weight excluding hydrogens is 398 g/mol. The predicted octanol–water partition coefficient (Wildman–Crippen LogP) is 1.48. The van der Waals surface area contributed by atoms with E-state index >= 15 is 0 Å². The quantitative estimate of drug-likeness (QED) is 0.687. The molecular formula is C22H33N5O4. The zero-order chi connectivity index (χ0) is 22.0. The van der Waals surface area contributed by atoms with E-state index in [1.807, 2.05) is 0 Å². The number of nitrogens with one attached hydrogen (secondary N) is 2. The minimum atomic E-state index is -1.06. The van der Waals surface area contributed by atoms with Gasteiger partial charge >= 0.3 is 0 Å². The fourth-order valence-corrected chi connectivity index (χ4v) is 4.71. The molecule has 1 saturated heterocycles. The second-order valence-corrected chi connectivity index (χ2v) is 9.22. The topological polar surface area (TPSA) is 106 Å². The van der Waals surface area contributed by atoms with Crippen LogP contribution in [0.2, 0.25) is 0 Å². The minimum absolute atomic E-state index is 0.0323. The summed E-state index contributed by atoms with van der Waals surface area (Å²) in [7, 11) is 1.64. The van der Waals surface area contributed by atoms with Gasteiger partial charge in [0.05, 0.1) is 12.6 Å². The molecule has 3 heterocycles. The van der Waals surface area contributed by atoms with Crippen molar-refractivity contribution in [2.75, 3.05) is 20.2 Å². The van der Waals surface area contributed by atoms with Gasteiger partial charge < -0.3 is 20.3 Å². The number of likely N-dealkylation sites (N-methyl/N-ethyl adjacent to an activating group) is 1. The van der Waals surface area contributed by atoms with Crippen molar-refractivity contribution < 1.29 is 19.1 Å². The molecule has 2 fully saturated rings. The van der Waals surface area contributed by atoms with E-state index in [1.54, 1.807) is 14.0 Å². The number of nitrogens with zero attached hydrogens (tertiary/aromatic N) is 3. The molecule has 2 N–H and O–H groups in total. The summed E-state index contributed by atoms with van der Waals surface area (Å²) in [5.41, 5.74) is -0.555. The molecule has 0 unspecified atom stereocenters. The van der Waals surface area contributed by atoms with Crippen LogP contribution in [0.15, 0.2) is 6.07 Å². The Labute approximate surface area is 182 Å². The van der Waals surface area contributed by atoms with Crippen LogP contribution in [0.1, 0.15) is 79.3 Å². The third-order valence-corrected chi connectivity index (χ3v) is 6.93. The first-order chi connectivity index (χ1) is 14.9. The maximum absolute atomic E-state index is 13.2. The maximum atomic E-state index is 13.2. The van der Waals surface area contributed by atoms with Gasteiger partial charge in [-0.3, -0.25) is 19.1 Å². The third kappa shape index (κ3) is 4.46. The number of hydrogen-bond acceptors (Lipinski definition) is 5. The van der Waals surface area contributed by atoms with Crippen LogP contribution in [0.25, 0.3) is 0 Å². The lowest BCUT2D eigenvalue weighted by Crippen LogP contribution is -2.63. The molecule has 0 bridgehead atoms. The zero-order valence-electron chi connectivity index (χ0n) is 18.5. The number of amides is 3. The van der Waals surface area contributed by atoms with Crippen molar-refractivity contribution in [1.29, 1.82) is 0 Å². The number of fused-ring (bicyclic) bond motifs is 1. The molecule has 9 heteroatoms. The highest BCUT2D eigenvalue weighted by atomic mass is 16.5. The molecule has 3 amide bonds. The lowest BCUT2D eigenvalue weighted by atomic mass is 9.95. The maximum Gasteiger partial charge on any atom is 0.272 e. The van der Waals surface area contributed by atoms with E-state index < -0.39 is 5.54 Å². The summed E-state index contributed by atoms with van der Waals surface area (Å²) in [5, 5.41) is 10.4. The highest BCUT2D eigenvalue weighted by molar-refractivity contribution is 6.01. The zero-order valence-corrected chi connectivity index (χ0v) is 18.5. The molecule has 1 aromatic heterocycles. The summed E-state index contributed by atoms with van der Waals surface area (Å²) < 4.78 is 7.03. The van der Waals surface area contributed by atoms with Crippen LogP contribution in [-0.2, 0) is 16.1 Å². The largest absolute Gasteiger partial charge is 0.376 e. The Morgan fingerprint density at radius 1 is 1.19 bits per heavy atom. The summed E-state index contributed by atoms with van der Waals surface area (Å²) >= 11 is 0. The number of ether oxygens (including phenoxy) is 1. The lowest BCUT2D eigenvalue weighted by molar-refractivity contribution is -0.133. The average Bonchev–Trinajstić information content (AvgIpc) is 3.35. The van der Waals surface area contributed by atoms with Crippen LogP contribution in [0.4, 0.5) is 0 Å². The van der Waals surface area contributed by atoms with Gasteiger partial charge in [-0.2, -0.15) is 5.10 Å². The number of hydrogen-bond donors (Lipinski definition) is 2. The fraction of sp³-hybridized carbons (Fsp3) is 0.727. The van der Waals surface area contributed by atoms with Gasteiger partial charge in [0.1, 0.15) is 11.2 Å². The molecule has 3 aliphatic rings. The first-order valence-electron chi connectivity index (χ1n) is 11.5. The van der Waals surface area contributed by atoms with Crippen LogP contribution in [0.3, 0.4) is 0 Å². The summed E-state index contributed by atoms with van der Waals surface area (Å²) in [6.45, 7) is 3.12. The molecule has 1 saturated carbocycles. The van der Waals surface area contributed by atoms with Crippen LogP contribution in [0, 0.1) is 0 Å². The fourth-order valence-electron chi connectivity index (χ4n) is 4.71. The Bertz CT molecular complexity index is 839. The molecule has 9 nitrogen and oxygen atoms in total. The van der Waals surface area contributed by atoms with Gasteiger partial charge in [0, 0.05) is 32.3 Å². The van der Waals surface area contributed by atoms with Crippen molar-refractivity contribution in [3.05, 3.63) is 17.5 Å². The number of carbonyl (C=O) groups excluding carboxylic acids is 3. The molecule has 0 radical (unpaired) electrons. The van der Waals surface area contributed by atoms with Gasteiger partial charge in [-0.25, -0.2) is 0 Å². The van der Waals surface area contributed by atoms with Crippen LogP contribution in [-0.4, -0.2) is 70.3 Å². The van der Waals surface area contributed by atoms with Crippen molar-refractivity contribution in [2.45, 2.75) is 82.5 Å². The molecule has 2 atom stereocenters. The highest BCUT2D eigenvalue weighted by Gasteiger charge is 2.46. The normalized spacial score (nSPS) is 27.0. The second-order valence-electron chi connectivity index (χ2n) is 9.22. The van der Waals surface area contributed by atoms with Gasteiger partial charge in [-0.15, -0.1) is 0 Å². The van der Waals surface area contributed by atoms with E-state index in [-0.39, 0.29) is 42.1 Å². The summed E-state index contributed by atoms with van der Waals surface area (Å²) in [4.78, 5) is 40.3. The molecule has 0 aromatic carbocycles. The first-order valence-corrected chi connectivity index (χ1v) is 11.5. The van der Waals surface area contributed by atoms with Crippen molar-refractivity contribution >= 4 is 17.7 Å². The number of aromatic nitrogens is 2. The van der Waals surface area contributed by atoms with E-state index in [2.05, 4.69) is 15.7 Å². The average molecular weight is 432 g/mol. The van der Waals surface area contributed by atoms with Crippen molar-refractivity contribution in [3.8, 4) is 0 Å². The predicted molar refractivity (Wildman–Crippen MR) is 114 cm³/mol. The van der Waals surface area contributed by atoms with Gasteiger partial charge in [-0.05, 0) is 32.6 Å². The monoisotopic (exact) mass is 431 g/mol.